The number of methoxy groups -OCH3 is 1. The summed E-state index contributed by atoms with van der Waals surface area (Å²) in [7, 11) is 1.62. The van der Waals surface area contributed by atoms with E-state index in [0.29, 0.717) is 24.2 Å². The number of ether oxygens (including phenoxy) is 1. The molecule has 0 aliphatic carbocycles. The second kappa shape index (κ2) is 9.03. The molecule has 1 fully saturated rings. The summed E-state index contributed by atoms with van der Waals surface area (Å²) in [5, 5.41) is 0. The highest BCUT2D eigenvalue weighted by molar-refractivity contribution is 5.79. The van der Waals surface area contributed by atoms with Crippen LogP contribution in [0.4, 0.5) is 4.39 Å². The first kappa shape index (κ1) is 20.0. The normalized spacial score (nSPS) is 16.3. The highest BCUT2D eigenvalue weighted by Gasteiger charge is 2.28. The molecule has 30 heavy (non-hydrogen) atoms. The van der Waals surface area contributed by atoms with Gasteiger partial charge in [0.05, 0.1) is 24.9 Å². The number of piperidine rings is 1. The fourth-order valence-electron chi connectivity index (χ4n) is 3.96. The summed E-state index contributed by atoms with van der Waals surface area (Å²) in [5.74, 6) is 0.568. The molecule has 1 saturated heterocycles. The number of benzene rings is 2. The van der Waals surface area contributed by atoms with Gasteiger partial charge in [-0.15, -0.1) is 0 Å². The van der Waals surface area contributed by atoms with Gasteiger partial charge >= 0.3 is 0 Å². The lowest BCUT2D eigenvalue weighted by Crippen LogP contribution is -2.40. The van der Waals surface area contributed by atoms with E-state index in [1.165, 1.54) is 6.07 Å². The lowest BCUT2D eigenvalue weighted by molar-refractivity contribution is -0.131. The zero-order chi connectivity index (χ0) is 20.9. The van der Waals surface area contributed by atoms with Crippen LogP contribution in [0.15, 0.2) is 60.9 Å². The highest BCUT2D eigenvalue weighted by Crippen LogP contribution is 2.33. The molecule has 0 unspecified atom stereocenters. The van der Waals surface area contributed by atoms with Crippen molar-refractivity contribution < 1.29 is 13.9 Å². The second-order valence-corrected chi connectivity index (χ2v) is 7.47. The van der Waals surface area contributed by atoms with E-state index in [-0.39, 0.29) is 17.6 Å². The maximum Gasteiger partial charge on any atom is 0.227 e. The Hall–Kier alpha value is -3.28. The Morgan fingerprint density at radius 2 is 1.90 bits per heavy atom. The van der Waals surface area contributed by atoms with Crippen LogP contribution in [-0.2, 0) is 11.2 Å². The van der Waals surface area contributed by atoms with Crippen molar-refractivity contribution in [2.45, 2.75) is 25.2 Å². The van der Waals surface area contributed by atoms with Gasteiger partial charge < -0.3 is 9.64 Å². The topological polar surface area (TPSA) is 55.3 Å². The van der Waals surface area contributed by atoms with Gasteiger partial charge in [-0.25, -0.2) is 4.39 Å². The van der Waals surface area contributed by atoms with Crippen molar-refractivity contribution in [1.29, 1.82) is 0 Å². The van der Waals surface area contributed by atoms with Crippen molar-refractivity contribution in [2.75, 3.05) is 20.2 Å². The Kier molecular flexibility index (Phi) is 6.02. The largest absolute Gasteiger partial charge is 0.497 e. The monoisotopic (exact) mass is 405 g/mol. The number of hydrogen-bond donors (Lipinski definition) is 0. The Labute approximate surface area is 175 Å². The number of carbonyl (C=O) groups is 1. The zero-order valence-corrected chi connectivity index (χ0v) is 16.9. The van der Waals surface area contributed by atoms with Crippen molar-refractivity contribution in [3.05, 3.63) is 78.0 Å². The third kappa shape index (κ3) is 4.32. The molecule has 0 bridgehead atoms. The fraction of sp³-hybridized carbons (Fsp3) is 0.292. The smallest absolute Gasteiger partial charge is 0.227 e. The van der Waals surface area contributed by atoms with Gasteiger partial charge in [-0.1, -0.05) is 24.3 Å². The van der Waals surface area contributed by atoms with E-state index in [1.54, 1.807) is 37.7 Å². The molecule has 1 aliphatic rings. The maximum absolute atomic E-state index is 14.4. The molecule has 1 atom stereocenters. The van der Waals surface area contributed by atoms with Crippen LogP contribution >= 0.6 is 0 Å². The van der Waals surface area contributed by atoms with E-state index >= 15 is 0 Å². The third-order valence-electron chi connectivity index (χ3n) is 5.53. The Bertz CT molecular complexity index is 1020. The van der Waals surface area contributed by atoms with Crippen LogP contribution in [0, 0.1) is 5.82 Å². The Morgan fingerprint density at radius 3 is 2.67 bits per heavy atom. The van der Waals surface area contributed by atoms with Gasteiger partial charge in [0.1, 0.15) is 11.6 Å². The van der Waals surface area contributed by atoms with Crippen molar-refractivity contribution in [2.24, 2.45) is 0 Å². The summed E-state index contributed by atoms with van der Waals surface area (Å²) in [6.07, 6.45) is 5.34. The van der Waals surface area contributed by atoms with Gasteiger partial charge in [0, 0.05) is 37.0 Å². The number of nitrogens with zero attached hydrogens (tertiary/aromatic N) is 3. The molecule has 2 aromatic carbocycles. The molecule has 0 radical (unpaired) electrons. The quantitative estimate of drug-likeness (QED) is 0.637. The van der Waals surface area contributed by atoms with Crippen molar-refractivity contribution in [1.82, 2.24) is 14.9 Å². The minimum Gasteiger partial charge on any atom is -0.497 e. The van der Waals surface area contributed by atoms with Gasteiger partial charge in [0.2, 0.25) is 5.91 Å². The van der Waals surface area contributed by atoms with E-state index in [0.717, 1.165) is 36.4 Å². The molecule has 4 rings (SSSR count). The zero-order valence-electron chi connectivity index (χ0n) is 16.9. The van der Waals surface area contributed by atoms with Crippen LogP contribution in [0.1, 0.15) is 30.0 Å². The number of amides is 1. The SMILES string of the molecule is COc1ccc(CC(=O)N2CCC[C@H](c3nccnc3-c3ccccc3F)C2)cc1. The first-order valence-corrected chi connectivity index (χ1v) is 10.1. The third-order valence-corrected chi connectivity index (χ3v) is 5.53. The summed E-state index contributed by atoms with van der Waals surface area (Å²) in [6.45, 7) is 1.29. The summed E-state index contributed by atoms with van der Waals surface area (Å²) in [5.41, 5.74) is 2.71. The number of likely N-dealkylation sites (tertiary alicyclic amines) is 1. The van der Waals surface area contributed by atoms with Gasteiger partial charge in [-0.2, -0.15) is 0 Å². The molecule has 2 heterocycles. The van der Waals surface area contributed by atoms with Crippen LogP contribution in [0.5, 0.6) is 5.75 Å². The van der Waals surface area contributed by atoms with E-state index in [9.17, 15) is 9.18 Å². The van der Waals surface area contributed by atoms with Crippen molar-refractivity contribution in [3.8, 4) is 17.0 Å². The number of aromatic nitrogens is 2. The Balaban J connectivity index is 1.52. The second-order valence-electron chi connectivity index (χ2n) is 7.47. The summed E-state index contributed by atoms with van der Waals surface area (Å²) >= 11 is 0. The van der Waals surface area contributed by atoms with Crippen LogP contribution in [0.25, 0.3) is 11.3 Å². The number of rotatable bonds is 5. The van der Waals surface area contributed by atoms with Crippen molar-refractivity contribution in [3.63, 3.8) is 0 Å². The lowest BCUT2D eigenvalue weighted by atomic mass is 9.91. The highest BCUT2D eigenvalue weighted by atomic mass is 19.1. The first-order valence-electron chi connectivity index (χ1n) is 10.1. The Morgan fingerprint density at radius 1 is 1.13 bits per heavy atom. The molecular formula is C24H24FN3O2. The molecule has 0 spiro atoms. The fourth-order valence-corrected chi connectivity index (χ4v) is 3.96. The predicted octanol–water partition coefficient (Wildman–Crippen LogP) is 4.24. The van der Waals surface area contributed by atoms with E-state index in [4.69, 9.17) is 4.74 Å². The minimum absolute atomic E-state index is 0.0295. The molecule has 1 amide bonds. The molecule has 1 aliphatic heterocycles. The summed E-state index contributed by atoms with van der Waals surface area (Å²) in [4.78, 5) is 23.8. The van der Waals surface area contributed by atoms with Gasteiger partial charge in [-0.3, -0.25) is 14.8 Å². The molecule has 154 valence electrons. The van der Waals surface area contributed by atoms with E-state index in [2.05, 4.69) is 9.97 Å². The van der Waals surface area contributed by atoms with Crippen LogP contribution in [0.3, 0.4) is 0 Å². The van der Waals surface area contributed by atoms with Crippen molar-refractivity contribution >= 4 is 5.91 Å². The standard InChI is InChI=1S/C24H24FN3O2/c1-30-19-10-8-17(9-11-19)15-22(29)28-14-4-5-18(16-28)23-24(27-13-12-26-23)20-6-2-3-7-21(20)25/h2-3,6-13,18H,4-5,14-16H2,1H3/t18-/m0/s1. The van der Waals surface area contributed by atoms with Gasteiger partial charge in [0.25, 0.3) is 0 Å². The minimum atomic E-state index is -0.317. The summed E-state index contributed by atoms with van der Waals surface area (Å²) < 4.78 is 19.6. The molecule has 0 N–H and O–H groups in total. The maximum atomic E-state index is 14.4. The van der Waals surface area contributed by atoms with E-state index in [1.807, 2.05) is 29.2 Å². The van der Waals surface area contributed by atoms with Gasteiger partial charge in [-0.05, 0) is 42.7 Å². The average molecular weight is 405 g/mol. The lowest BCUT2D eigenvalue weighted by Gasteiger charge is -2.33. The molecule has 3 aromatic rings. The molecule has 0 saturated carbocycles. The molecular weight excluding hydrogens is 381 g/mol. The summed E-state index contributed by atoms with van der Waals surface area (Å²) in [6, 6.07) is 14.2. The van der Waals surface area contributed by atoms with Crippen LogP contribution < -0.4 is 4.74 Å². The average Bonchev–Trinajstić information content (AvgIpc) is 2.80. The molecule has 5 nitrogen and oxygen atoms in total. The van der Waals surface area contributed by atoms with Crippen LogP contribution in [0.2, 0.25) is 0 Å². The number of carbonyl (C=O) groups excluding carboxylic acids is 1. The first-order chi connectivity index (χ1) is 14.7. The predicted molar refractivity (Wildman–Crippen MR) is 113 cm³/mol. The van der Waals surface area contributed by atoms with Gasteiger partial charge in [0.15, 0.2) is 0 Å². The van der Waals surface area contributed by atoms with E-state index < -0.39 is 0 Å². The molecule has 1 aromatic heterocycles. The number of hydrogen-bond acceptors (Lipinski definition) is 4. The van der Waals surface area contributed by atoms with Crippen LogP contribution in [-0.4, -0.2) is 41.0 Å². The number of halogens is 1. The molecule has 6 heteroatoms.